The molecule has 0 unspecified atom stereocenters. The average Bonchev–Trinajstić information content (AvgIpc) is 3.20. The molecule has 30 heavy (non-hydrogen) atoms. The van der Waals surface area contributed by atoms with Crippen LogP contribution in [0.5, 0.6) is 0 Å². The molecule has 2 nitrogen and oxygen atoms in total. The third kappa shape index (κ3) is 4.27. The maximum atomic E-state index is 10.8. The maximum Gasteiger partial charge on any atom is 0.328 e. The molecule has 3 aromatic carbocycles. The molecule has 0 saturated carbocycles. The van der Waals surface area contributed by atoms with Gasteiger partial charge in [0.25, 0.3) is 0 Å². The van der Waals surface area contributed by atoms with Crippen LogP contribution in [0.3, 0.4) is 0 Å². The van der Waals surface area contributed by atoms with Crippen LogP contribution in [-0.4, -0.2) is 11.1 Å². The Kier molecular flexibility index (Phi) is 5.92. The molecule has 1 heterocycles. The van der Waals surface area contributed by atoms with Gasteiger partial charge in [-0.15, -0.1) is 11.3 Å². The first-order valence-electron chi connectivity index (χ1n) is 9.94. The lowest BCUT2D eigenvalue weighted by Gasteiger charge is -2.15. The summed E-state index contributed by atoms with van der Waals surface area (Å²) < 4.78 is 1.27. The smallest absolute Gasteiger partial charge is 0.328 e. The normalized spacial score (nSPS) is 12.3. The van der Waals surface area contributed by atoms with Crippen molar-refractivity contribution in [3.05, 3.63) is 113 Å². The lowest BCUT2D eigenvalue weighted by molar-refractivity contribution is -0.131. The molecule has 0 atom stereocenters. The zero-order valence-electron chi connectivity index (χ0n) is 16.7. The van der Waals surface area contributed by atoms with Crippen molar-refractivity contribution in [2.45, 2.75) is 13.3 Å². The van der Waals surface area contributed by atoms with Crippen LogP contribution in [0.1, 0.15) is 34.9 Å². The molecule has 0 spiro atoms. The summed E-state index contributed by atoms with van der Waals surface area (Å²) in [6.45, 7) is 2.19. The molecule has 0 aliphatic rings. The molecule has 0 radical (unpaired) electrons. The first kappa shape index (κ1) is 19.9. The largest absolute Gasteiger partial charge is 0.478 e. The van der Waals surface area contributed by atoms with Crippen LogP contribution in [0.4, 0.5) is 0 Å². The molecule has 1 N–H and O–H groups in total. The van der Waals surface area contributed by atoms with E-state index in [2.05, 4.69) is 73.7 Å². The van der Waals surface area contributed by atoms with Gasteiger partial charge in [-0.25, -0.2) is 4.79 Å². The number of carbonyl (C=O) groups is 1. The standard InChI is InChI=1S/C27H22O2S/c1-2-23(20-8-4-3-5-9-20)27(25-18-22-10-6-7-11-24(22)30-25)21-15-12-19(13-16-21)14-17-26(28)29/h3-18H,2H2,1H3,(H,28,29)/b17-14+,27-23+. The molecule has 1 aromatic heterocycles. The number of thiophene rings is 1. The van der Waals surface area contributed by atoms with Gasteiger partial charge in [0.2, 0.25) is 0 Å². The Bertz CT molecular complexity index is 1200. The Morgan fingerprint density at radius 3 is 2.27 bits per heavy atom. The van der Waals surface area contributed by atoms with Gasteiger partial charge < -0.3 is 5.11 Å². The average molecular weight is 411 g/mol. The summed E-state index contributed by atoms with van der Waals surface area (Å²) in [5, 5.41) is 10.1. The number of benzene rings is 3. The highest BCUT2D eigenvalue weighted by Crippen LogP contribution is 2.39. The summed E-state index contributed by atoms with van der Waals surface area (Å²) in [6, 6.07) is 29.4. The van der Waals surface area contributed by atoms with Crippen LogP contribution in [0.25, 0.3) is 27.3 Å². The quantitative estimate of drug-likeness (QED) is 0.266. The fourth-order valence-electron chi connectivity index (χ4n) is 3.66. The van der Waals surface area contributed by atoms with Gasteiger partial charge in [-0.2, -0.15) is 0 Å². The Morgan fingerprint density at radius 2 is 1.60 bits per heavy atom. The molecule has 3 heteroatoms. The number of aliphatic carboxylic acids is 1. The van der Waals surface area contributed by atoms with E-state index in [1.54, 1.807) is 6.08 Å². The van der Waals surface area contributed by atoms with E-state index in [0.29, 0.717) is 0 Å². The van der Waals surface area contributed by atoms with Gasteiger partial charge in [0.1, 0.15) is 0 Å². The van der Waals surface area contributed by atoms with E-state index in [4.69, 9.17) is 5.11 Å². The minimum atomic E-state index is -0.942. The van der Waals surface area contributed by atoms with Crippen molar-refractivity contribution in [2.24, 2.45) is 0 Å². The third-order valence-electron chi connectivity index (χ3n) is 5.07. The first-order valence-corrected chi connectivity index (χ1v) is 10.8. The van der Waals surface area contributed by atoms with E-state index < -0.39 is 5.97 Å². The van der Waals surface area contributed by atoms with Crippen molar-refractivity contribution < 1.29 is 9.90 Å². The van der Waals surface area contributed by atoms with E-state index in [0.717, 1.165) is 17.5 Å². The van der Waals surface area contributed by atoms with Crippen molar-refractivity contribution in [2.75, 3.05) is 0 Å². The summed E-state index contributed by atoms with van der Waals surface area (Å²) in [5.74, 6) is -0.942. The summed E-state index contributed by atoms with van der Waals surface area (Å²) in [5.41, 5.74) is 5.77. The van der Waals surface area contributed by atoms with Gasteiger partial charge in [0, 0.05) is 21.2 Å². The van der Waals surface area contributed by atoms with Gasteiger partial charge in [0.05, 0.1) is 0 Å². The second-order valence-corrected chi connectivity index (χ2v) is 8.10. The number of allylic oxidation sites excluding steroid dienone is 1. The second-order valence-electron chi connectivity index (χ2n) is 7.02. The van der Waals surface area contributed by atoms with Crippen LogP contribution in [0.2, 0.25) is 0 Å². The predicted octanol–water partition coefficient (Wildman–Crippen LogP) is 7.37. The van der Waals surface area contributed by atoms with Crippen LogP contribution in [-0.2, 0) is 4.79 Å². The molecule has 4 aromatic rings. The fraction of sp³-hybridized carbons (Fsp3) is 0.0741. The predicted molar refractivity (Wildman–Crippen MR) is 128 cm³/mol. The van der Waals surface area contributed by atoms with Crippen LogP contribution in [0, 0.1) is 0 Å². The number of carboxylic acid groups (broad SMARTS) is 1. The topological polar surface area (TPSA) is 37.3 Å². The minimum Gasteiger partial charge on any atom is -0.478 e. The summed E-state index contributed by atoms with van der Waals surface area (Å²) in [6.07, 6.45) is 3.69. The van der Waals surface area contributed by atoms with Crippen molar-refractivity contribution in [3.63, 3.8) is 0 Å². The summed E-state index contributed by atoms with van der Waals surface area (Å²) in [4.78, 5) is 12.1. The van der Waals surface area contributed by atoms with E-state index in [1.165, 1.54) is 37.7 Å². The van der Waals surface area contributed by atoms with Gasteiger partial charge in [-0.1, -0.05) is 79.7 Å². The minimum absolute atomic E-state index is 0.870. The van der Waals surface area contributed by atoms with E-state index in [-0.39, 0.29) is 0 Å². The van der Waals surface area contributed by atoms with Crippen molar-refractivity contribution >= 4 is 44.6 Å². The molecule has 0 bridgehead atoms. The van der Waals surface area contributed by atoms with Crippen LogP contribution >= 0.6 is 11.3 Å². The highest BCUT2D eigenvalue weighted by Gasteiger charge is 2.15. The molecule has 0 aliphatic heterocycles. The molecule has 0 saturated heterocycles. The van der Waals surface area contributed by atoms with Crippen molar-refractivity contribution in [1.29, 1.82) is 0 Å². The second kappa shape index (κ2) is 8.93. The number of carboxylic acids is 1. The monoisotopic (exact) mass is 410 g/mol. The van der Waals surface area contributed by atoms with Gasteiger partial charge in [-0.05, 0) is 52.3 Å². The molecule has 0 fully saturated rings. The zero-order valence-corrected chi connectivity index (χ0v) is 17.5. The highest BCUT2D eigenvalue weighted by molar-refractivity contribution is 7.20. The lowest BCUT2D eigenvalue weighted by Crippen LogP contribution is -1.93. The first-order chi connectivity index (χ1) is 14.7. The van der Waals surface area contributed by atoms with Crippen LogP contribution < -0.4 is 0 Å². The summed E-state index contributed by atoms with van der Waals surface area (Å²) >= 11 is 1.81. The Labute approximate surface area is 180 Å². The molecule has 4 rings (SSSR count). The zero-order chi connectivity index (χ0) is 20.9. The third-order valence-corrected chi connectivity index (χ3v) is 6.20. The molecule has 0 aliphatic carbocycles. The van der Waals surface area contributed by atoms with Crippen LogP contribution in [0.15, 0.2) is 91.0 Å². The molecule has 0 amide bonds. The highest BCUT2D eigenvalue weighted by atomic mass is 32.1. The van der Waals surface area contributed by atoms with E-state index in [9.17, 15) is 4.79 Å². The van der Waals surface area contributed by atoms with Gasteiger partial charge in [-0.3, -0.25) is 0 Å². The summed E-state index contributed by atoms with van der Waals surface area (Å²) in [7, 11) is 0. The molecular formula is C27H22O2S. The SMILES string of the molecule is CC/C(=C(/c1ccc(/C=C/C(=O)O)cc1)c1cc2ccccc2s1)c1ccccc1. The van der Waals surface area contributed by atoms with Gasteiger partial charge >= 0.3 is 5.97 Å². The lowest BCUT2D eigenvalue weighted by atomic mass is 9.91. The van der Waals surface area contributed by atoms with Crippen molar-refractivity contribution in [1.82, 2.24) is 0 Å². The Balaban J connectivity index is 1.89. The Hall–Kier alpha value is -3.43. The number of rotatable bonds is 6. The number of hydrogen-bond acceptors (Lipinski definition) is 2. The van der Waals surface area contributed by atoms with E-state index in [1.807, 2.05) is 29.5 Å². The molecule has 148 valence electrons. The van der Waals surface area contributed by atoms with Crippen molar-refractivity contribution in [3.8, 4) is 0 Å². The molecular weight excluding hydrogens is 388 g/mol. The number of hydrogen-bond donors (Lipinski definition) is 1. The number of fused-ring (bicyclic) bond motifs is 1. The fourth-order valence-corrected chi connectivity index (χ4v) is 4.82. The van der Waals surface area contributed by atoms with E-state index >= 15 is 0 Å². The Morgan fingerprint density at radius 1 is 0.900 bits per heavy atom. The maximum absolute atomic E-state index is 10.8. The van der Waals surface area contributed by atoms with Gasteiger partial charge in [0.15, 0.2) is 0 Å².